The van der Waals surface area contributed by atoms with Gasteiger partial charge in [-0.1, -0.05) is 18.7 Å². The van der Waals surface area contributed by atoms with Crippen LogP contribution in [0.3, 0.4) is 0 Å². The Morgan fingerprint density at radius 2 is 2.08 bits per heavy atom. The van der Waals surface area contributed by atoms with Crippen molar-refractivity contribution in [1.82, 2.24) is 9.88 Å². The average Bonchev–Trinajstić information content (AvgIpc) is 2.59. The smallest absolute Gasteiger partial charge is 0.341 e. The van der Waals surface area contributed by atoms with Crippen molar-refractivity contribution in [2.45, 2.75) is 43.6 Å². The summed E-state index contributed by atoms with van der Waals surface area (Å²) >= 11 is 1.33. The first-order valence-electron chi connectivity index (χ1n) is 8.22. The van der Waals surface area contributed by atoms with Gasteiger partial charge in [0.15, 0.2) is 0 Å². The molecular weight excluding hydrogens is 328 g/mol. The van der Waals surface area contributed by atoms with Crippen LogP contribution in [0.2, 0.25) is 0 Å². The molecular formula is C17H24N2O4S. The third-order valence-corrected chi connectivity index (χ3v) is 4.92. The van der Waals surface area contributed by atoms with Crippen molar-refractivity contribution in [3.8, 4) is 0 Å². The lowest BCUT2D eigenvalue weighted by Crippen LogP contribution is -2.44. The molecule has 24 heavy (non-hydrogen) atoms. The second-order valence-electron chi connectivity index (χ2n) is 5.76. The van der Waals surface area contributed by atoms with Crippen LogP contribution in [0.15, 0.2) is 23.4 Å². The second kappa shape index (κ2) is 9.03. The Labute approximate surface area is 146 Å². The van der Waals surface area contributed by atoms with Crippen molar-refractivity contribution in [2.24, 2.45) is 0 Å². The minimum Gasteiger partial charge on any atom is -0.459 e. The zero-order chi connectivity index (χ0) is 17.5. The first-order chi connectivity index (χ1) is 11.5. The lowest BCUT2D eigenvalue weighted by atomic mass is 10.2. The molecule has 0 bridgehead atoms. The maximum Gasteiger partial charge on any atom is 0.341 e. The van der Waals surface area contributed by atoms with Crippen molar-refractivity contribution >= 4 is 23.6 Å². The van der Waals surface area contributed by atoms with Gasteiger partial charge >= 0.3 is 5.97 Å². The van der Waals surface area contributed by atoms with Crippen LogP contribution in [-0.4, -0.2) is 59.4 Å². The Bertz CT molecular complexity index is 573. The van der Waals surface area contributed by atoms with E-state index < -0.39 is 5.97 Å². The van der Waals surface area contributed by atoms with E-state index in [-0.39, 0.29) is 17.3 Å². The SMILES string of the molecule is CC[C@@H](Sc1ncccc1C(=O)OC(C)C)C(=O)N1CCOCC1. The Kier molecular flexibility index (Phi) is 7.05. The van der Waals surface area contributed by atoms with Crippen molar-refractivity contribution in [1.29, 1.82) is 0 Å². The zero-order valence-corrected chi connectivity index (χ0v) is 15.2. The Morgan fingerprint density at radius 1 is 1.38 bits per heavy atom. The molecule has 1 saturated heterocycles. The molecule has 2 heterocycles. The van der Waals surface area contributed by atoms with Crippen molar-refractivity contribution < 1.29 is 19.1 Å². The number of aromatic nitrogens is 1. The lowest BCUT2D eigenvalue weighted by Gasteiger charge is -2.29. The van der Waals surface area contributed by atoms with Crippen LogP contribution in [0.1, 0.15) is 37.6 Å². The number of amides is 1. The number of ether oxygens (including phenoxy) is 2. The summed E-state index contributed by atoms with van der Waals surface area (Å²) in [6.45, 7) is 7.94. The van der Waals surface area contributed by atoms with Gasteiger partial charge in [0.2, 0.25) is 5.91 Å². The van der Waals surface area contributed by atoms with Crippen molar-refractivity contribution in [3.63, 3.8) is 0 Å². The quantitative estimate of drug-likeness (QED) is 0.578. The van der Waals surface area contributed by atoms with Gasteiger partial charge in [0, 0.05) is 19.3 Å². The van der Waals surface area contributed by atoms with Gasteiger partial charge in [-0.2, -0.15) is 0 Å². The normalized spacial score (nSPS) is 16.1. The maximum absolute atomic E-state index is 12.7. The van der Waals surface area contributed by atoms with Crippen LogP contribution < -0.4 is 0 Å². The summed E-state index contributed by atoms with van der Waals surface area (Å²) in [6.07, 6.45) is 2.09. The van der Waals surface area contributed by atoms with E-state index in [9.17, 15) is 9.59 Å². The highest BCUT2D eigenvalue weighted by Crippen LogP contribution is 2.28. The number of carbonyl (C=O) groups excluding carboxylic acids is 2. The minimum absolute atomic E-state index is 0.0691. The van der Waals surface area contributed by atoms with Gasteiger partial charge in [-0.3, -0.25) is 4.79 Å². The van der Waals surface area contributed by atoms with Gasteiger partial charge in [-0.25, -0.2) is 9.78 Å². The molecule has 132 valence electrons. The minimum atomic E-state index is -0.408. The molecule has 1 aliphatic rings. The summed E-state index contributed by atoms with van der Waals surface area (Å²) in [5.41, 5.74) is 0.407. The molecule has 0 N–H and O–H groups in total. The Hall–Kier alpha value is -1.60. The zero-order valence-electron chi connectivity index (χ0n) is 14.4. The molecule has 0 spiro atoms. The number of hydrogen-bond donors (Lipinski definition) is 0. The number of pyridine rings is 1. The van der Waals surface area contributed by atoms with Crippen LogP contribution in [-0.2, 0) is 14.3 Å². The summed E-state index contributed by atoms with van der Waals surface area (Å²) in [5.74, 6) is -0.339. The molecule has 1 aliphatic heterocycles. The maximum atomic E-state index is 12.7. The summed E-state index contributed by atoms with van der Waals surface area (Å²) < 4.78 is 10.6. The van der Waals surface area contributed by atoms with Crippen LogP contribution in [0.4, 0.5) is 0 Å². The molecule has 7 heteroatoms. The van der Waals surface area contributed by atoms with E-state index in [0.29, 0.717) is 43.3 Å². The molecule has 6 nitrogen and oxygen atoms in total. The monoisotopic (exact) mass is 352 g/mol. The number of carbonyl (C=O) groups is 2. The number of morpholine rings is 1. The number of esters is 1. The van der Waals surface area contributed by atoms with E-state index in [2.05, 4.69) is 4.98 Å². The summed E-state index contributed by atoms with van der Waals surface area (Å²) in [6, 6.07) is 3.39. The molecule has 1 atom stereocenters. The number of nitrogens with zero attached hydrogens (tertiary/aromatic N) is 2. The van der Waals surface area contributed by atoms with Crippen molar-refractivity contribution in [2.75, 3.05) is 26.3 Å². The summed E-state index contributed by atoms with van der Waals surface area (Å²) in [7, 11) is 0. The summed E-state index contributed by atoms with van der Waals surface area (Å²) in [5, 5.41) is 0.264. The molecule has 1 aromatic rings. The van der Waals surface area contributed by atoms with E-state index in [1.807, 2.05) is 11.8 Å². The number of thioether (sulfide) groups is 1. The molecule has 1 amide bonds. The van der Waals surface area contributed by atoms with E-state index in [1.54, 1.807) is 32.2 Å². The third kappa shape index (κ3) is 4.95. The van der Waals surface area contributed by atoms with E-state index >= 15 is 0 Å². The number of rotatable bonds is 6. The highest BCUT2D eigenvalue weighted by molar-refractivity contribution is 8.00. The molecule has 0 aliphatic carbocycles. The molecule has 2 rings (SSSR count). The molecule has 0 radical (unpaired) electrons. The van der Waals surface area contributed by atoms with Crippen molar-refractivity contribution in [3.05, 3.63) is 23.9 Å². The molecule has 0 unspecified atom stereocenters. The van der Waals surface area contributed by atoms with Gasteiger partial charge in [-0.05, 0) is 32.4 Å². The number of hydrogen-bond acceptors (Lipinski definition) is 6. The van der Waals surface area contributed by atoms with Gasteiger partial charge in [0.05, 0.1) is 30.1 Å². The van der Waals surface area contributed by atoms with Gasteiger partial charge < -0.3 is 14.4 Å². The third-order valence-electron chi connectivity index (χ3n) is 3.56. The van der Waals surface area contributed by atoms with Gasteiger partial charge in [-0.15, -0.1) is 0 Å². The standard InChI is InChI=1S/C17H24N2O4S/c1-4-14(16(20)19-8-10-22-11-9-19)24-15-13(6-5-7-18-15)17(21)23-12(2)3/h5-7,12,14H,4,8-11H2,1-3H3/t14-/m1/s1. The van der Waals surface area contributed by atoms with Crippen LogP contribution in [0.5, 0.6) is 0 Å². The van der Waals surface area contributed by atoms with E-state index in [1.165, 1.54) is 11.8 Å². The van der Waals surface area contributed by atoms with E-state index in [0.717, 1.165) is 0 Å². The highest BCUT2D eigenvalue weighted by atomic mass is 32.2. The predicted molar refractivity (Wildman–Crippen MR) is 92.1 cm³/mol. The molecule has 1 aromatic heterocycles. The lowest BCUT2D eigenvalue weighted by molar-refractivity contribution is -0.134. The Morgan fingerprint density at radius 3 is 2.71 bits per heavy atom. The topological polar surface area (TPSA) is 68.7 Å². The molecule has 0 saturated carbocycles. The fraction of sp³-hybridized carbons (Fsp3) is 0.588. The fourth-order valence-electron chi connectivity index (χ4n) is 2.35. The predicted octanol–water partition coefficient (Wildman–Crippen LogP) is 2.38. The van der Waals surface area contributed by atoms with Gasteiger partial charge in [0.1, 0.15) is 5.03 Å². The van der Waals surface area contributed by atoms with E-state index in [4.69, 9.17) is 9.47 Å². The first kappa shape index (κ1) is 18.7. The Balaban J connectivity index is 2.12. The first-order valence-corrected chi connectivity index (χ1v) is 9.10. The van der Waals surface area contributed by atoms with Gasteiger partial charge in [0.25, 0.3) is 0 Å². The van der Waals surface area contributed by atoms with Crippen LogP contribution in [0, 0.1) is 0 Å². The average molecular weight is 352 g/mol. The molecule has 0 aromatic carbocycles. The second-order valence-corrected chi connectivity index (χ2v) is 6.95. The van der Waals surface area contributed by atoms with Crippen LogP contribution in [0.25, 0.3) is 0 Å². The largest absolute Gasteiger partial charge is 0.459 e. The molecule has 1 fully saturated rings. The van der Waals surface area contributed by atoms with Crippen LogP contribution >= 0.6 is 11.8 Å². The fourth-order valence-corrected chi connectivity index (χ4v) is 3.43. The summed E-state index contributed by atoms with van der Waals surface area (Å²) in [4.78, 5) is 31.0. The highest BCUT2D eigenvalue weighted by Gasteiger charge is 2.27.